The van der Waals surface area contributed by atoms with Gasteiger partial charge in [-0.15, -0.1) is 11.8 Å². The molecule has 0 bridgehead atoms. The Hall–Kier alpha value is -2.68. The van der Waals surface area contributed by atoms with Crippen LogP contribution in [0.3, 0.4) is 0 Å². The largest absolute Gasteiger partial charge is 0.359 e. The highest BCUT2D eigenvalue weighted by Gasteiger charge is 2.45. The van der Waals surface area contributed by atoms with Crippen molar-refractivity contribution in [3.8, 4) is 0 Å². The zero-order chi connectivity index (χ0) is 20.3. The molecule has 0 radical (unpaired) electrons. The normalized spacial score (nSPS) is 18.9. The molecule has 0 spiro atoms. The molecule has 8 nitrogen and oxygen atoms in total. The van der Waals surface area contributed by atoms with E-state index < -0.39 is 29.7 Å². The van der Waals surface area contributed by atoms with Crippen LogP contribution in [-0.2, 0) is 14.4 Å². The van der Waals surface area contributed by atoms with E-state index in [4.69, 9.17) is 0 Å². The van der Waals surface area contributed by atoms with Crippen molar-refractivity contribution in [1.82, 2.24) is 15.5 Å². The first-order chi connectivity index (χ1) is 13.4. The Morgan fingerprint density at radius 1 is 1.21 bits per heavy atom. The molecule has 1 unspecified atom stereocenters. The molecule has 1 fully saturated rings. The zero-order valence-corrected chi connectivity index (χ0v) is 16.3. The molecule has 0 saturated carbocycles. The minimum Gasteiger partial charge on any atom is -0.359 e. The summed E-state index contributed by atoms with van der Waals surface area (Å²) >= 11 is 1.45. The van der Waals surface area contributed by atoms with E-state index in [1.54, 1.807) is 25.2 Å². The summed E-state index contributed by atoms with van der Waals surface area (Å²) in [5, 5.41) is 4.76. The summed E-state index contributed by atoms with van der Waals surface area (Å²) in [6.07, 6.45) is 2.21. The lowest BCUT2D eigenvalue weighted by molar-refractivity contribution is -0.136. The molecule has 1 saturated heterocycles. The summed E-state index contributed by atoms with van der Waals surface area (Å²) in [7, 11) is 1.60. The molecule has 1 aromatic carbocycles. The maximum Gasteiger partial charge on any atom is 0.263 e. The quantitative estimate of drug-likeness (QED) is 0.400. The third-order valence-corrected chi connectivity index (χ3v) is 5.91. The van der Waals surface area contributed by atoms with Gasteiger partial charge < -0.3 is 5.32 Å². The molecule has 5 amide bonds. The molecule has 148 valence electrons. The standard InChI is InChI=1S/C19H21N3O5S/c1-20-14(23)7-2-3-10-28-13-6-4-5-11-16(13)19(27)22(18(11)26)12-8-9-15(24)21-17(12)25/h4-6,12H,2-3,7-10H2,1H3,(H,20,23)(H,21,24,25). The molecule has 2 aliphatic heterocycles. The van der Waals surface area contributed by atoms with E-state index >= 15 is 0 Å². The average Bonchev–Trinajstić information content (AvgIpc) is 2.93. The van der Waals surface area contributed by atoms with Gasteiger partial charge in [-0.25, -0.2) is 0 Å². The van der Waals surface area contributed by atoms with Gasteiger partial charge in [-0.05, 0) is 37.1 Å². The number of thioether (sulfide) groups is 1. The topological polar surface area (TPSA) is 113 Å². The number of fused-ring (bicyclic) bond motifs is 1. The van der Waals surface area contributed by atoms with Crippen LogP contribution in [0.5, 0.6) is 0 Å². The zero-order valence-electron chi connectivity index (χ0n) is 15.4. The summed E-state index contributed by atoms with van der Waals surface area (Å²) in [6.45, 7) is 0. The first-order valence-electron chi connectivity index (χ1n) is 9.12. The number of unbranched alkanes of at least 4 members (excludes halogenated alkanes) is 1. The maximum absolute atomic E-state index is 12.9. The SMILES string of the molecule is CNC(=O)CCCCSc1cccc2c1C(=O)N(C1CCC(=O)NC1=O)C2=O. The second-order valence-electron chi connectivity index (χ2n) is 6.60. The highest BCUT2D eigenvalue weighted by molar-refractivity contribution is 7.99. The summed E-state index contributed by atoms with van der Waals surface area (Å²) in [4.78, 5) is 62.1. The smallest absolute Gasteiger partial charge is 0.263 e. The third kappa shape index (κ3) is 3.94. The predicted molar refractivity (Wildman–Crippen MR) is 102 cm³/mol. The number of nitrogens with one attached hydrogen (secondary N) is 2. The molecular formula is C19H21N3O5S. The minimum atomic E-state index is -0.962. The summed E-state index contributed by atoms with van der Waals surface area (Å²) in [5.74, 6) is -1.32. The lowest BCUT2D eigenvalue weighted by Crippen LogP contribution is -2.54. The van der Waals surface area contributed by atoms with Crippen LogP contribution in [0.15, 0.2) is 23.1 Å². The van der Waals surface area contributed by atoms with Gasteiger partial charge in [0, 0.05) is 24.8 Å². The van der Waals surface area contributed by atoms with Crippen LogP contribution < -0.4 is 10.6 Å². The number of imide groups is 2. The van der Waals surface area contributed by atoms with E-state index in [9.17, 15) is 24.0 Å². The van der Waals surface area contributed by atoms with Gasteiger partial charge in [0.1, 0.15) is 6.04 Å². The van der Waals surface area contributed by atoms with Gasteiger partial charge in [0.2, 0.25) is 17.7 Å². The third-order valence-electron chi connectivity index (χ3n) is 4.76. The lowest BCUT2D eigenvalue weighted by Gasteiger charge is -2.27. The Balaban J connectivity index is 1.70. The Morgan fingerprint density at radius 2 is 2.00 bits per heavy atom. The molecule has 2 heterocycles. The Morgan fingerprint density at radius 3 is 2.71 bits per heavy atom. The molecule has 0 aromatic heterocycles. The number of carbonyl (C=O) groups is 5. The van der Waals surface area contributed by atoms with Gasteiger partial charge in [0.15, 0.2) is 0 Å². The summed E-state index contributed by atoms with van der Waals surface area (Å²) in [5.41, 5.74) is 0.596. The average molecular weight is 403 g/mol. The summed E-state index contributed by atoms with van der Waals surface area (Å²) in [6, 6.07) is 4.11. The van der Waals surface area contributed by atoms with Gasteiger partial charge >= 0.3 is 0 Å². The highest BCUT2D eigenvalue weighted by Crippen LogP contribution is 2.34. The first kappa shape index (κ1) is 20.1. The molecule has 2 N–H and O–H groups in total. The van der Waals surface area contributed by atoms with Crippen molar-refractivity contribution in [2.45, 2.75) is 43.0 Å². The number of carbonyl (C=O) groups excluding carboxylic acids is 5. The van der Waals surface area contributed by atoms with Crippen molar-refractivity contribution in [3.63, 3.8) is 0 Å². The van der Waals surface area contributed by atoms with Crippen molar-refractivity contribution in [3.05, 3.63) is 29.3 Å². The maximum atomic E-state index is 12.9. The van der Waals surface area contributed by atoms with Crippen molar-refractivity contribution in [1.29, 1.82) is 0 Å². The van der Waals surface area contributed by atoms with E-state index in [2.05, 4.69) is 10.6 Å². The van der Waals surface area contributed by atoms with Crippen LogP contribution >= 0.6 is 11.8 Å². The summed E-state index contributed by atoms with van der Waals surface area (Å²) < 4.78 is 0. The van der Waals surface area contributed by atoms with E-state index in [1.807, 2.05) is 0 Å². The lowest BCUT2D eigenvalue weighted by atomic mass is 10.0. The van der Waals surface area contributed by atoms with Gasteiger partial charge in [-0.1, -0.05) is 6.07 Å². The number of hydrogen-bond donors (Lipinski definition) is 2. The number of hydrogen-bond acceptors (Lipinski definition) is 6. The molecule has 28 heavy (non-hydrogen) atoms. The van der Waals surface area contributed by atoms with Gasteiger partial charge in [-0.3, -0.25) is 34.2 Å². The van der Waals surface area contributed by atoms with Crippen molar-refractivity contribution in [2.24, 2.45) is 0 Å². The van der Waals surface area contributed by atoms with E-state index in [1.165, 1.54) is 11.8 Å². The van der Waals surface area contributed by atoms with Crippen LogP contribution in [0.4, 0.5) is 0 Å². The number of amides is 5. The van der Waals surface area contributed by atoms with Crippen LogP contribution in [0.1, 0.15) is 52.8 Å². The van der Waals surface area contributed by atoms with Crippen LogP contribution in [0.2, 0.25) is 0 Å². The molecule has 2 aliphatic rings. The highest BCUT2D eigenvalue weighted by atomic mass is 32.2. The van der Waals surface area contributed by atoms with E-state index in [0.717, 1.165) is 17.7 Å². The monoisotopic (exact) mass is 403 g/mol. The van der Waals surface area contributed by atoms with Gasteiger partial charge in [-0.2, -0.15) is 0 Å². The molecule has 0 aliphatic carbocycles. The Labute approximate surface area is 166 Å². The van der Waals surface area contributed by atoms with E-state index in [-0.39, 0.29) is 24.3 Å². The van der Waals surface area contributed by atoms with Crippen LogP contribution in [0.25, 0.3) is 0 Å². The van der Waals surface area contributed by atoms with Crippen molar-refractivity contribution in [2.75, 3.05) is 12.8 Å². The minimum absolute atomic E-state index is 0.00809. The van der Waals surface area contributed by atoms with Crippen LogP contribution in [-0.4, -0.2) is 53.3 Å². The number of nitrogens with zero attached hydrogens (tertiary/aromatic N) is 1. The molecular weight excluding hydrogens is 382 g/mol. The fourth-order valence-electron chi connectivity index (χ4n) is 3.30. The second-order valence-corrected chi connectivity index (χ2v) is 7.74. The van der Waals surface area contributed by atoms with Crippen molar-refractivity contribution >= 4 is 41.3 Å². The van der Waals surface area contributed by atoms with Gasteiger partial charge in [0.05, 0.1) is 11.1 Å². The Kier molecular flexibility index (Phi) is 6.13. The van der Waals surface area contributed by atoms with Gasteiger partial charge in [0.25, 0.3) is 11.8 Å². The molecule has 3 rings (SSSR count). The van der Waals surface area contributed by atoms with Crippen molar-refractivity contribution < 1.29 is 24.0 Å². The van der Waals surface area contributed by atoms with Crippen LogP contribution in [0, 0.1) is 0 Å². The molecule has 1 atom stereocenters. The number of benzene rings is 1. The molecule has 9 heteroatoms. The fraction of sp³-hybridized carbons (Fsp3) is 0.421. The first-order valence-corrected chi connectivity index (χ1v) is 10.1. The number of rotatable bonds is 7. The Bertz CT molecular complexity index is 854. The predicted octanol–water partition coefficient (Wildman–Crippen LogP) is 1.10. The molecule has 1 aromatic rings. The number of piperidine rings is 1. The van der Waals surface area contributed by atoms with E-state index in [0.29, 0.717) is 22.6 Å². The second kappa shape index (κ2) is 8.55. The fourth-order valence-corrected chi connectivity index (χ4v) is 4.38.